The maximum absolute atomic E-state index is 11.4. The highest BCUT2D eigenvalue weighted by molar-refractivity contribution is 7.86. The molecule has 0 unspecified atom stereocenters. The lowest BCUT2D eigenvalue weighted by molar-refractivity contribution is 0.462. The highest BCUT2D eigenvalue weighted by Gasteiger charge is 2.17. The summed E-state index contributed by atoms with van der Waals surface area (Å²) in [6, 6.07) is 2.43. The zero-order chi connectivity index (χ0) is 18.8. The van der Waals surface area contributed by atoms with E-state index in [9.17, 15) is 25.9 Å². The van der Waals surface area contributed by atoms with Crippen molar-refractivity contribution in [1.82, 2.24) is 14.9 Å². The molecule has 1 heterocycles. The summed E-state index contributed by atoms with van der Waals surface area (Å²) in [4.78, 5) is -1.60. The van der Waals surface area contributed by atoms with E-state index in [1.165, 1.54) is 0 Å². The second-order valence-electron chi connectivity index (χ2n) is 4.66. The van der Waals surface area contributed by atoms with Gasteiger partial charge in [-0.1, -0.05) is 13.0 Å². The van der Waals surface area contributed by atoms with E-state index in [4.69, 9.17) is 5.84 Å². The molecule has 14 heteroatoms. The van der Waals surface area contributed by atoms with Crippen LogP contribution in [0.25, 0.3) is 0 Å². The van der Waals surface area contributed by atoms with Gasteiger partial charge in [0.2, 0.25) is 0 Å². The Morgan fingerprint density at radius 3 is 2.56 bits per heavy atom. The van der Waals surface area contributed by atoms with Gasteiger partial charge in [0.25, 0.3) is 16.1 Å². The molecule has 4 N–H and O–H groups in total. The molecule has 2 rings (SSSR count). The molecule has 0 saturated carbocycles. The summed E-state index contributed by atoms with van der Waals surface area (Å²) < 4.78 is 66.1. The van der Waals surface area contributed by atoms with E-state index >= 15 is 0 Å². The Morgan fingerprint density at radius 1 is 1.36 bits per heavy atom. The van der Waals surface area contributed by atoms with Crippen LogP contribution in [-0.4, -0.2) is 47.0 Å². The van der Waals surface area contributed by atoms with E-state index in [1.807, 2.05) is 6.92 Å². The molecular weight excluding hydrogens is 376 g/mol. The number of hydrogen-bond donors (Lipinski definition) is 3. The van der Waals surface area contributed by atoms with Gasteiger partial charge in [-0.15, -0.1) is 10.2 Å². The fourth-order valence-electron chi connectivity index (χ4n) is 1.80. The number of rotatable bonds is 6. The van der Waals surface area contributed by atoms with Gasteiger partial charge in [0.1, 0.15) is 15.0 Å². The molecule has 0 spiro atoms. The third kappa shape index (κ3) is 4.30. The number of hydrazone groups is 1. The lowest BCUT2D eigenvalue weighted by atomic mass is 10.2. The molecule has 2 aromatic rings. The van der Waals surface area contributed by atoms with Crippen LogP contribution < -0.4 is 11.3 Å². The summed E-state index contributed by atoms with van der Waals surface area (Å²) in [6.07, 6.45) is 1.50. The largest absolute Gasteiger partial charge is 0.744 e. The molecule has 1 aromatic heterocycles. The monoisotopic (exact) mass is 389 g/mol. The Morgan fingerprint density at radius 2 is 2.04 bits per heavy atom. The number of benzene rings is 1. The van der Waals surface area contributed by atoms with Crippen LogP contribution in [0, 0.1) is 0 Å². The van der Waals surface area contributed by atoms with E-state index in [0.29, 0.717) is 18.3 Å². The molecule has 1 aromatic carbocycles. The molecule has 0 saturated heterocycles. The molecule has 0 fully saturated rings. The predicted molar refractivity (Wildman–Crippen MR) is 85.0 cm³/mol. The summed E-state index contributed by atoms with van der Waals surface area (Å²) in [5, 5.41) is 11.2. The lowest BCUT2D eigenvalue weighted by Crippen LogP contribution is -2.15. The van der Waals surface area contributed by atoms with Gasteiger partial charge in [-0.05, 0) is 12.1 Å². The summed E-state index contributed by atoms with van der Waals surface area (Å²) in [5.41, 5.74) is 2.25. The molecule has 0 aliphatic heterocycles. The number of nitrogens with one attached hydrogen (secondary N) is 1. The lowest BCUT2D eigenvalue weighted by Gasteiger charge is -2.09. The smallest absolute Gasteiger partial charge is 0.295 e. The van der Waals surface area contributed by atoms with Gasteiger partial charge in [0, 0.05) is 12.0 Å². The molecule has 0 amide bonds. The van der Waals surface area contributed by atoms with Gasteiger partial charge in [0.15, 0.2) is 5.82 Å². The molecular formula is C11H13N6O6S2-. The van der Waals surface area contributed by atoms with Crippen molar-refractivity contribution in [3.8, 4) is 0 Å². The Kier molecular flexibility index (Phi) is 5.07. The molecule has 25 heavy (non-hydrogen) atoms. The van der Waals surface area contributed by atoms with Crippen molar-refractivity contribution < 1.29 is 25.9 Å². The highest BCUT2D eigenvalue weighted by atomic mass is 32.2. The van der Waals surface area contributed by atoms with Crippen LogP contribution in [0.5, 0.6) is 0 Å². The van der Waals surface area contributed by atoms with Gasteiger partial charge < -0.3 is 10.4 Å². The quantitative estimate of drug-likeness (QED) is 0.242. The van der Waals surface area contributed by atoms with E-state index in [0.717, 1.165) is 23.0 Å². The Bertz CT molecular complexity index is 1030. The standard InChI is InChI=1S/C11H14N6O6S2/c1-2-10-14-16-11(17(10)12)15-13-6-7-3-4-8(24(18,19)20)5-9(7)25(21,22)23/h3-6H,2,12H2,1H3,(H,15,16)(H,18,19,20)(H,21,22,23)/p-1. The third-order valence-corrected chi connectivity index (χ3v) is 4.74. The van der Waals surface area contributed by atoms with Crippen LogP contribution in [-0.2, 0) is 26.7 Å². The first-order valence-electron chi connectivity index (χ1n) is 6.60. The summed E-state index contributed by atoms with van der Waals surface area (Å²) >= 11 is 0. The van der Waals surface area contributed by atoms with Gasteiger partial charge in [-0.3, -0.25) is 4.55 Å². The summed E-state index contributed by atoms with van der Waals surface area (Å²) in [5.74, 6) is 6.22. The minimum Gasteiger partial charge on any atom is -0.744 e. The highest BCUT2D eigenvalue weighted by Crippen LogP contribution is 2.19. The zero-order valence-corrected chi connectivity index (χ0v) is 14.3. The van der Waals surface area contributed by atoms with E-state index in [2.05, 4.69) is 20.7 Å². The Hall–Kier alpha value is -2.55. The number of aromatic nitrogens is 3. The minimum absolute atomic E-state index is 0.0697. The van der Waals surface area contributed by atoms with Crippen LogP contribution in [0.4, 0.5) is 5.95 Å². The Balaban J connectivity index is 2.37. The molecule has 136 valence electrons. The number of anilines is 1. The van der Waals surface area contributed by atoms with Gasteiger partial charge in [-0.2, -0.15) is 13.5 Å². The number of aryl methyl sites for hydroxylation is 1. The van der Waals surface area contributed by atoms with Crippen molar-refractivity contribution in [2.24, 2.45) is 5.10 Å². The van der Waals surface area contributed by atoms with Crippen molar-refractivity contribution in [2.45, 2.75) is 23.1 Å². The van der Waals surface area contributed by atoms with E-state index in [1.54, 1.807) is 0 Å². The average molecular weight is 389 g/mol. The average Bonchev–Trinajstić information content (AvgIpc) is 2.86. The van der Waals surface area contributed by atoms with Crippen LogP contribution in [0.2, 0.25) is 0 Å². The fourth-order valence-corrected chi connectivity index (χ4v) is 3.07. The first-order valence-corrected chi connectivity index (χ1v) is 9.44. The number of nitrogens with two attached hydrogens (primary N) is 1. The number of nitrogens with zero attached hydrogens (tertiary/aromatic N) is 4. The summed E-state index contributed by atoms with van der Waals surface area (Å²) in [7, 11) is -9.69. The SMILES string of the molecule is CCc1nnc(NN=Cc2ccc(S(=O)(=O)[O-])cc2S(=O)(=O)O)n1N. The predicted octanol–water partition coefficient (Wildman–Crippen LogP) is -0.849. The molecule has 0 atom stereocenters. The molecule has 0 radical (unpaired) electrons. The normalized spacial score (nSPS) is 12.6. The van der Waals surface area contributed by atoms with Gasteiger partial charge >= 0.3 is 0 Å². The first-order chi connectivity index (χ1) is 11.5. The fraction of sp³-hybridized carbons (Fsp3) is 0.182. The van der Waals surface area contributed by atoms with Crippen molar-refractivity contribution >= 4 is 32.4 Å². The van der Waals surface area contributed by atoms with E-state index < -0.39 is 30.0 Å². The van der Waals surface area contributed by atoms with E-state index in [-0.39, 0.29) is 11.5 Å². The van der Waals surface area contributed by atoms with Crippen LogP contribution in [0.3, 0.4) is 0 Å². The van der Waals surface area contributed by atoms with Gasteiger partial charge in [0.05, 0.1) is 11.1 Å². The minimum atomic E-state index is -4.90. The number of hydrogen-bond acceptors (Lipinski definition) is 10. The second kappa shape index (κ2) is 6.75. The molecule has 0 aliphatic rings. The number of nitrogen functional groups attached to an aromatic ring is 1. The third-order valence-electron chi connectivity index (χ3n) is 3.00. The van der Waals surface area contributed by atoms with Crippen molar-refractivity contribution in [2.75, 3.05) is 11.3 Å². The van der Waals surface area contributed by atoms with Gasteiger partial charge in [-0.25, -0.2) is 18.5 Å². The van der Waals surface area contributed by atoms with Crippen molar-refractivity contribution in [3.63, 3.8) is 0 Å². The molecule has 0 aliphatic carbocycles. The zero-order valence-electron chi connectivity index (χ0n) is 12.7. The topological polar surface area (TPSA) is 193 Å². The molecule has 0 bridgehead atoms. The Labute approximate surface area is 142 Å². The molecule has 12 nitrogen and oxygen atoms in total. The van der Waals surface area contributed by atoms with Crippen molar-refractivity contribution in [1.29, 1.82) is 0 Å². The van der Waals surface area contributed by atoms with Crippen molar-refractivity contribution in [3.05, 3.63) is 29.6 Å². The van der Waals surface area contributed by atoms with Crippen LogP contribution >= 0.6 is 0 Å². The van der Waals surface area contributed by atoms with Crippen LogP contribution in [0.15, 0.2) is 33.1 Å². The second-order valence-corrected chi connectivity index (χ2v) is 7.43. The maximum Gasteiger partial charge on any atom is 0.295 e. The maximum atomic E-state index is 11.4. The van der Waals surface area contributed by atoms with Crippen LogP contribution in [0.1, 0.15) is 18.3 Å². The summed E-state index contributed by atoms with van der Waals surface area (Å²) in [6.45, 7) is 1.81. The first kappa shape index (κ1) is 18.8.